The van der Waals surface area contributed by atoms with Crippen molar-refractivity contribution in [1.29, 1.82) is 0 Å². The lowest BCUT2D eigenvalue weighted by Crippen LogP contribution is -2.44. The number of nitrogens with one attached hydrogen (secondary N) is 2. The number of amides is 1. The highest BCUT2D eigenvalue weighted by Gasteiger charge is 2.14. The number of benzene rings is 1. The van der Waals surface area contributed by atoms with Gasteiger partial charge in [0.1, 0.15) is 0 Å². The summed E-state index contributed by atoms with van der Waals surface area (Å²) in [5.41, 5.74) is 1.51. The molecule has 1 rings (SSSR count). The highest BCUT2D eigenvalue weighted by atomic mass is 16.6. The van der Waals surface area contributed by atoms with E-state index in [0.29, 0.717) is 12.1 Å². The van der Waals surface area contributed by atoms with Crippen molar-refractivity contribution in [2.75, 3.05) is 0 Å². The van der Waals surface area contributed by atoms with Gasteiger partial charge in [-0.2, -0.15) is 0 Å². The minimum absolute atomic E-state index is 0.0818. The lowest BCUT2D eigenvalue weighted by atomic mass is 10.1. The molecule has 0 saturated heterocycles. The van der Waals surface area contributed by atoms with Crippen LogP contribution in [0.15, 0.2) is 18.2 Å². The van der Waals surface area contributed by atoms with E-state index in [2.05, 4.69) is 10.6 Å². The van der Waals surface area contributed by atoms with Crippen LogP contribution in [0.1, 0.15) is 31.9 Å². The van der Waals surface area contributed by atoms with Gasteiger partial charge in [0.2, 0.25) is 5.91 Å². The van der Waals surface area contributed by atoms with Crippen LogP contribution in [0, 0.1) is 17.0 Å². The van der Waals surface area contributed by atoms with Gasteiger partial charge in [0.05, 0.1) is 11.0 Å². The fourth-order valence-corrected chi connectivity index (χ4v) is 1.73. The summed E-state index contributed by atoms with van der Waals surface area (Å²) >= 11 is 0. The molecule has 0 aliphatic rings. The molecule has 0 spiro atoms. The number of hydrogen-bond acceptors (Lipinski definition) is 4. The smallest absolute Gasteiger partial charge is 0.272 e. The third-order valence-corrected chi connectivity index (χ3v) is 2.91. The van der Waals surface area contributed by atoms with Crippen LogP contribution in [0.2, 0.25) is 0 Å². The van der Waals surface area contributed by atoms with E-state index < -0.39 is 4.92 Å². The van der Waals surface area contributed by atoms with E-state index in [9.17, 15) is 14.9 Å². The Labute approximate surface area is 118 Å². The molecule has 110 valence electrons. The van der Waals surface area contributed by atoms with Crippen molar-refractivity contribution in [3.05, 3.63) is 39.4 Å². The molecule has 0 aliphatic carbocycles. The van der Waals surface area contributed by atoms with Gasteiger partial charge >= 0.3 is 0 Å². The lowest BCUT2D eigenvalue weighted by Gasteiger charge is -2.16. The first-order valence-corrected chi connectivity index (χ1v) is 6.59. The van der Waals surface area contributed by atoms with E-state index >= 15 is 0 Å². The largest absolute Gasteiger partial charge is 0.353 e. The number of nitro groups is 1. The molecule has 0 bridgehead atoms. The maximum Gasteiger partial charge on any atom is 0.272 e. The number of rotatable bonds is 6. The van der Waals surface area contributed by atoms with Crippen molar-refractivity contribution in [2.45, 2.75) is 46.3 Å². The van der Waals surface area contributed by atoms with Crippen molar-refractivity contribution in [2.24, 2.45) is 0 Å². The summed E-state index contributed by atoms with van der Waals surface area (Å²) in [6.45, 7) is 7.67. The third-order valence-electron chi connectivity index (χ3n) is 2.91. The number of aryl methyl sites for hydroxylation is 1. The van der Waals surface area contributed by atoms with Crippen LogP contribution in [-0.4, -0.2) is 22.9 Å². The fourth-order valence-electron chi connectivity index (χ4n) is 1.73. The molecule has 1 aromatic carbocycles. The van der Waals surface area contributed by atoms with Crippen LogP contribution in [0.25, 0.3) is 0 Å². The monoisotopic (exact) mass is 279 g/mol. The van der Waals surface area contributed by atoms with Crippen LogP contribution < -0.4 is 10.6 Å². The minimum Gasteiger partial charge on any atom is -0.353 e. The summed E-state index contributed by atoms with van der Waals surface area (Å²) in [6.07, 6.45) is 0. The maximum absolute atomic E-state index is 11.7. The van der Waals surface area contributed by atoms with Crippen molar-refractivity contribution in [3.8, 4) is 0 Å². The van der Waals surface area contributed by atoms with Crippen molar-refractivity contribution in [1.82, 2.24) is 10.6 Å². The SMILES string of the molecule is Cc1ccc(CNC(C)C(=O)NC(C)C)cc1[N+](=O)[O-]. The molecule has 2 N–H and O–H groups in total. The Morgan fingerprint density at radius 3 is 2.55 bits per heavy atom. The molecule has 1 aromatic rings. The van der Waals surface area contributed by atoms with E-state index in [4.69, 9.17) is 0 Å². The van der Waals surface area contributed by atoms with E-state index in [1.807, 2.05) is 19.9 Å². The second kappa shape index (κ2) is 7.00. The molecule has 0 aromatic heterocycles. The van der Waals surface area contributed by atoms with Crippen LogP contribution in [0.4, 0.5) is 5.69 Å². The standard InChI is InChI=1S/C14H21N3O3/c1-9(2)16-14(18)11(4)15-8-12-6-5-10(3)13(7-12)17(19)20/h5-7,9,11,15H,8H2,1-4H3,(H,16,18). The quantitative estimate of drug-likeness (QED) is 0.615. The van der Waals surface area contributed by atoms with Gasteiger partial charge in [-0.3, -0.25) is 14.9 Å². The third kappa shape index (κ3) is 4.62. The average molecular weight is 279 g/mol. The first-order valence-electron chi connectivity index (χ1n) is 6.59. The molecule has 1 atom stereocenters. The molecular formula is C14H21N3O3. The Morgan fingerprint density at radius 1 is 1.35 bits per heavy atom. The van der Waals surface area contributed by atoms with Gasteiger partial charge in [0.25, 0.3) is 5.69 Å². The first-order chi connectivity index (χ1) is 9.31. The number of nitro benzene ring substituents is 1. The number of nitrogens with zero attached hydrogens (tertiary/aromatic N) is 1. The highest BCUT2D eigenvalue weighted by molar-refractivity contribution is 5.81. The predicted octanol–water partition coefficient (Wildman–Crippen LogP) is 1.91. The van der Waals surface area contributed by atoms with Gasteiger partial charge in [0.15, 0.2) is 0 Å². The summed E-state index contributed by atoms with van der Waals surface area (Å²) < 4.78 is 0. The molecule has 6 heteroatoms. The van der Waals surface area contributed by atoms with Gasteiger partial charge < -0.3 is 10.6 Å². The van der Waals surface area contributed by atoms with Crippen molar-refractivity contribution in [3.63, 3.8) is 0 Å². The zero-order chi connectivity index (χ0) is 15.3. The van der Waals surface area contributed by atoms with Gasteiger partial charge in [-0.15, -0.1) is 0 Å². The van der Waals surface area contributed by atoms with Crippen LogP contribution in [0.3, 0.4) is 0 Å². The molecule has 6 nitrogen and oxygen atoms in total. The topological polar surface area (TPSA) is 84.3 Å². The molecule has 20 heavy (non-hydrogen) atoms. The number of carbonyl (C=O) groups excluding carboxylic acids is 1. The molecule has 0 radical (unpaired) electrons. The first kappa shape index (κ1) is 16.1. The van der Waals surface area contributed by atoms with Crippen LogP contribution in [-0.2, 0) is 11.3 Å². The Balaban J connectivity index is 2.64. The summed E-state index contributed by atoms with van der Waals surface area (Å²) in [5.74, 6) is -0.0818. The highest BCUT2D eigenvalue weighted by Crippen LogP contribution is 2.19. The van der Waals surface area contributed by atoms with E-state index in [0.717, 1.165) is 5.56 Å². The fraction of sp³-hybridized carbons (Fsp3) is 0.500. The molecular weight excluding hydrogens is 258 g/mol. The molecule has 1 unspecified atom stereocenters. The van der Waals surface area contributed by atoms with Crippen molar-refractivity contribution < 1.29 is 9.72 Å². The molecule has 0 aliphatic heterocycles. The second-order valence-electron chi connectivity index (χ2n) is 5.14. The zero-order valence-electron chi connectivity index (χ0n) is 12.3. The molecule has 0 saturated carbocycles. The van der Waals surface area contributed by atoms with Crippen LogP contribution >= 0.6 is 0 Å². The molecule has 0 fully saturated rings. The number of hydrogen-bond donors (Lipinski definition) is 2. The van der Waals surface area contributed by atoms with Gasteiger partial charge in [0, 0.05) is 24.2 Å². The zero-order valence-corrected chi connectivity index (χ0v) is 12.3. The lowest BCUT2D eigenvalue weighted by molar-refractivity contribution is -0.385. The Hall–Kier alpha value is -1.95. The van der Waals surface area contributed by atoms with Crippen LogP contribution in [0.5, 0.6) is 0 Å². The maximum atomic E-state index is 11.7. The Kier molecular flexibility index (Phi) is 5.64. The summed E-state index contributed by atoms with van der Waals surface area (Å²) in [5, 5.41) is 16.7. The van der Waals surface area contributed by atoms with Gasteiger partial charge in [-0.05, 0) is 33.3 Å². The van der Waals surface area contributed by atoms with E-state index in [-0.39, 0.29) is 23.7 Å². The van der Waals surface area contributed by atoms with E-state index in [1.165, 1.54) is 6.07 Å². The van der Waals surface area contributed by atoms with Gasteiger partial charge in [-0.25, -0.2) is 0 Å². The Morgan fingerprint density at radius 2 is 2.00 bits per heavy atom. The molecule has 0 heterocycles. The summed E-state index contributed by atoms with van der Waals surface area (Å²) in [4.78, 5) is 22.2. The second-order valence-corrected chi connectivity index (χ2v) is 5.14. The normalized spacial score (nSPS) is 12.2. The number of carbonyl (C=O) groups is 1. The Bertz CT molecular complexity index is 500. The van der Waals surface area contributed by atoms with E-state index in [1.54, 1.807) is 19.9 Å². The predicted molar refractivity (Wildman–Crippen MR) is 77.4 cm³/mol. The average Bonchev–Trinajstić information content (AvgIpc) is 2.36. The van der Waals surface area contributed by atoms with Crippen molar-refractivity contribution >= 4 is 11.6 Å². The minimum atomic E-state index is -0.395. The summed E-state index contributed by atoms with van der Waals surface area (Å²) in [6, 6.07) is 4.82. The summed E-state index contributed by atoms with van der Waals surface area (Å²) in [7, 11) is 0. The molecule has 1 amide bonds. The van der Waals surface area contributed by atoms with Gasteiger partial charge in [-0.1, -0.05) is 12.1 Å².